The molecule has 0 aromatic carbocycles. The molecule has 0 fully saturated rings. The van der Waals surface area contributed by atoms with Gasteiger partial charge in [0, 0.05) is 18.8 Å². The molecule has 9 heteroatoms. The van der Waals surface area contributed by atoms with Gasteiger partial charge in [0.25, 0.3) is 12.0 Å². The number of rotatable bonds is 5. The number of carbonyl (C=O) groups is 1. The lowest BCUT2D eigenvalue weighted by atomic mass is 10.3. The Kier molecular flexibility index (Phi) is 3.87. The first-order chi connectivity index (χ1) is 9.50. The van der Waals surface area contributed by atoms with Crippen LogP contribution in [0.15, 0.2) is 29.2 Å². The maximum Gasteiger partial charge on any atom is 0.358 e. The molecule has 1 N–H and O–H groups in total. The van der Waals surface area contributed by atoms with Crippen molar-refractivity contribution < 1.29 is 18.7 Å². The van der Waals surface area contributed by atoms with Crippen LogP contribution in [0.2, 0.25) is 0 Å². The van der Waals surface area contributed by atoms with Gasteiger partial charge in [0.1, 0.15) is 5.69 Å². The fraction of sp³-hybridized carbons (Fsp3) is 0.273. The molecule has 0 aliphatic rings. The Balaban J connectivity index is 2.24. The molecule has 106 valence electrons. The number of aryl methyl sites for hydroxylation is 2. The van der Waals surface area contributed by atoms with Gasteiger partial charge in [0.2, 0.25) is 0 Å². The summed E-state index contributed by atoms with van der Waals surface area (Å²) in [6, 6.07) is 4.51. The van der Waals surface area contributed by atoms with Crippen LogP contribution in [-0.2, 0) is 13.1 Å². The first-order valence-corrected chi connectivity index (χ1v) is 5.61. The summed E-state index contributed by atoms with van der Waals surface area (Å²) < 4.78 is 27.8. The van der Waals surface area contributed by atoms with Gasteiger partial charge in [0.05, 0.1) is 6.54 Å². The van der Waals surface area contributed by atoms with Gasteiger partial charge in [-0.05, 0) is 6.07 Å². The van der Waals surface area contributed by atoms with Crippen molar-refractivity contribution >= 4 is 5.97 Å². The molecule has 0 aliphatic heterocycles. The molecule has 2 aromatic heterocycles. The Morgan fingerprint density at radius 1 is 1.35 bits per heavy atom. The lowest BCUT2D eigenvalue weighted by Crippen LogP contribution is -2.21. The third-order valence-corrected chi connectivity index (χ3v) is 2.63. The predicted molar refractivity (Wildman–Crippen MR) is 62.6 cm³/mol. The van der Waals surface area contributed by atoms with Crippen LogP contribution in [0.3, 0.4) is 0 Å². The Morgan fingerprint density at radius 3 is 2.70 bits per heavy atom. The second-order valence-electron chi connectivity index (χ2n) is 3.88. The second kappa shape index (κ2) is 5.59. The average Bonchev–Trinajstić information content (AvgIpc) is 2.82. The SMILES string of the molecule is O=C(O)c1nnn(CCn2ccccc2=O)c1C(F)F. The number of hydrogen-bond acceptors (Lipinski definition) is 4. The third-order valence-electron chi connectivity index (χ3n) is 2.63. The maximum atomic E-state index is 12.9. The number of aromatic carboxylic acids is 1. The van der Waals surface area contributed by atoms with Gasteiger partial charge in [-0.1, -0.05) is 11.3 Å². The molecule has 0 amide bonds. The zero-order chi connectivity index (χ0) is 14.7. The number of alkyl halides is 2. The number of pyridine rings is 1. The summed E-state index contributed by atoms with van der Waals surface area (Å²) in [5, 5.41) is 15.4. The number of hydrogen-bond donors (Lipinski definition) is 1. The standard InChI is InChI=1S/C11H10F2N4O3/c12-10(13)9-8(11(19)20)14-15-17(9)6-5-16-4-2-1-3-7(16)18/h1-4,10H,5-6H2,(H,19,20). The molecule has 0 aliphatic carbocycles. The highest BCUT2D eigenvalue weighted by molar-refractivity contribution is 5.86. The Morgan fingerprint density at radius 2 is 2.10 bits per heavy atom. The molecule has 2 heterocycles. The summed E-state index contributed by atoms with van der Waals surface area (Å²) in [6.45, 7) is 0.00564. The molecular weight excluding hydrogens is 274 g/mol. The fourth-order valence-electron chi connectivity index (χ4n) is 1.70. The lowest BCUT2D eigenvalue weighted by molar-refractivity contribution is 0.0675. The van der Waals surface area contributed by atoms with Crippen molar-refractivity contribution in [2.45, 2.75) is 19.5 Å². The molecular formula is C11H10F2N4O3. The predicted octanol–water partition coefficient (Wildman–Crippen LogP) is 0.776. The van der Waals surface area contributed by atoms with Crippen LogP contribution in [0.1, 0.15) is 22.6 Å². The molecule has 0 bridgehead atoms. The minimum atomic E-state index is -3.01. The summed E-state index contributed by atoms with van der Waals surface area (Å²) in [5.41, 5.74) is -1.83. The summed E-state index contributed by atoms with van der Waals surface area (Å²) >= 11 is 0. The fourth-order valence-corrected chi connectivity index (χ4v) is 1.70. The highest BCUT2D eigenvalue weighted by atomic mass is 19.3. The largest absolute Gasteiger partial charge is 0.476 e. The van der Waals surface area contributed by atoms with Crippen LogP contribution in [0.5, 0.6) is 0 Å². The van der Waals surface area contributed by atoms with Gasteiger partial charge < -0.3 is 9.67 Å². The van der Waals surface area contributed by atoms with Crippen LogP contribution in [0.25, 0.3) is 0 Å². The lowest BCUT2D eigenvalue weighted by Gasteiger charge is -2.07. The van der Waals surface area contributed by atoms with Crippen molar-refractivity contribution in [3.63, 3.8) is 0 Å². The highest BCUT2D eigenvalue weighted by Gasteiger charge is 2.26. The van der Waals surface area contributed by atoms with Gasteiger partial charge in [-0.25, -0.2) is 18.3 Å². The molecule has 0 saturated carbocycles. The molecule has 0 saturated heterocycles. The van der Waals surface area contributed by atoms with Gasteiger partial charge in [0.15, 0.2) is 5.69 Å². The highest BCUT2D eigenvalue weighted by Crippen LogP contribution is 2.21. The van der Waals surface area contributed by atoms with E-state index in [4.69, 9.17) is 5.11 Å². The van der Waals surface area contributed by atoms with E-state index in [0.29, 0.717) is 0 Å². The number of aromatic nitrogens is 4. The Hall–Kier alpha value is -2.58. The topological polar surface area (TPSA) is 90.0 Å². The molecule has 7 nitrogen and oxygen atoms in total. The third kappa shape index (κ3) is 2.71. The molecule has 0 atom stereocenters. The van der Waals surface area contributed by atoms with Crippen LogP contribution in [0, 0.1) is 0 Å². The zero-order valence-corrected chi connectivity index (χ0v) is 10.1. The van der Waals surface area contributed by atoms with E-state index in [9.17, 15) is 18.4 Å². The summed E-state index contributed by atoms with van der Waals surface area (Å²) in [5.74, 6) is -1.57. The quantitative estimate of drug-likeness (QED) is 0.876. The average molecular weight is 284 g/mol. The van der Waals surface area contributed by atoms with Gasteiger partial charge in [-0.15, -0.1) is 5.10 Å². The van der Waals surface area contributed by atoms with E-state index in [2.05, 4.69) is 10.3 Å². The summed E-state index contributed by atoms with van der Waals surface area (Å²) in [4.78, 5) is 22.2. The minimum absolute atomic E-state index is 0.0795. The molecule has 2 rings (SSSR count). The molecule has 0 unspecified atom stereocenters. The van der Waals surface area contributed by atoms with E-state index >= 15 is 0 Å². The van der Waals surface area contributed by atoms with Crippen molar-refractivity contribution in [3.8, 4) is 0 Å². The zero-order valence-electron chi connectivity index (χ0n) is 10.1. The minimum Gasteiger partial charge on any atom is -0.476 e. The summed E-state index contributed by atoms with van der Waals surface area (Å²) in [6.07, 6.45) is -1.51. The first-order valence-electron chi connectivity index (χ1n) is 5.61. The van der Waals surface area contributed by atoms with Crippen molar-refractivity contribution in [1.82, 2.24) is 19.6 Å². The molecule has 20 heavy (non-hydrogen) atoms. The van der Waals surface area contributed by atoms with Gasteiger partial charge in [-0.2, -0.15) is 0 Å². The van der Waals surface area contributed by atoms with E-state index in [1.165, 1.54) is 16.8 Å². The van der Waals surface area contributed by atoms with Crippen LogP contribution in [0.4, 0.5) is 8.78 Å². The van der Waals surface area contributed by atoms with Crippen LogP contribution < -0.4 is 5.56 Å². The summed E-state index contributed by atoms with van der Waals surface area (Å²) in [7, 11) is 0. The van der Waals surface area contributed by atoms with Crippen molar-refractivity contribution in [1.29, 1.82) is 0 Å². The number of carboxylic acid groups (broad SMARTS) is 1. The van der Waals surface area contributed by atoms with E-state index in [1.54, 1.807) is 12.1 Å². The number of nitrogens with zero attached hydrogens (tertiary/aromatic N) is 4. The number of halogens is 2. The maximum absolute atomic E-state index is 12.9. The second-order valence-corrected chi connectivity index (χ2v) is 3.88. The first kappa shape index (κ1) is 13.8. The van der Waals surface area contributed by atoms with Crippen molar-refractivity contribution in [2.75, 3.05) is 0 Å². The van der Waals surface area contributed by atoms with Crippen molar-refractivity contribution in [2.24, 2.45) is 0 Å². The van der Waals surface area contributed by atoms with E-state index in [1.807, 2.05) is 0 Å². The molecule has 0 spiro atoms. The molecule has 0 radical (unpaired) electrons. The van der Waals surface area contributed by atoms with Crippen LogP contribution in [-0.4, -0.2) is 30.6 Å². The Bertz CT molecular complexity index is 680. The number of carboxylic acids is 1. The van der Waals surface area contributed by atoms with Gasteiger partial charge >= 0.3 is 5.97 Å². The Labute approximate surface area is 111 Å². The molecule has 2 aromatic rings. The van der Waals surface area contributed by atoms with E-state index < -0.39 is 23.8 Å². The monoisotopic (exact) mass is 284 g/mol. The van der Waals surface area contributed by atoms with Crippen LogP contribution >= 0.6 is 0 Å². The van der Waals surface area contributed by atoms with E-state index in [0.717, 1.165) is 4.68 Å². The van der Waals surface area contributed by atoms with E-state index in [-0.39, 0.29) is 18.6 Å². The van der Waals surface area contributed by atoms with Gasteiger partial charge in [-0.3, -0.25) is 4.79 Å². The smallest absolute Gasteiger partial charge is 0.358 e. The van der Waals surface area contributed by atoms with Crippen molar-refractivity contribution in [3.05, 3.63) is 46.1 Å². The normalized spacial score (nSPS) is 10.9.